The molecule has 0 unspecified atom stereocenters. The van der Waals surface area contributed by atoms with Crippen LogP contribution in [0.15, 0.2) is 53.6 Å². The maximum absolute atomic E-state index is 12.2. The van der Waals surface area contributed by atoms with E-state index in [2.05, 4.69) is 15.3 Å². The molecule has 4 rings (SSSR count). The third-order valence-electron chi connectivity index (χ3n) is 3.27. The summed E-state index contributed by atoms with van der Waals surface area (Å²) in [6, 6.07) is 10.8. The van der Waals surface area contributed by atoms with Gasteiger partial charge in [0.15, 0.2) is 4.96 Å². The normalized spacial score (nSPS) is 11.1. The van der Waals surface area contributed by atoms with Crippen molar-refractivity contribution in [3.8, 4) is 0 Å². The van der Waals surface area contributed by atoms with E-state index in [0.717, 1.165) is 15.2 Å². The van der Waals surface area contributed by atoms with E-state index in [1.54, 1.807) is 12.3 Å². The first-order valence-corrected chi connectivity index (χ1v) is 7.39. The number of H-pyrrole nitrogens is 1. The Morgan fingerprint density at radius 2 is 2.09 bits per heavy atom. The maximum Gasteiger partial charge on any atom is 0.275 e. The number of aromatic nitrogens is 3. The van der Waals surface area contributed by atoms with Crippen molar-refractivity contribution in [1.82, 2.24) is 14.4 Å². The fraction of sp³-hybridized carbons (Fsp3) is 0. The number of thiazole rings is 1. The molecule has 1 aromatic carbocycles. The topological polar surface area (TPSA) is 79.3 Å². The smallest absolute Gasteiger partial charge is 0.275 e. The zero-order valence-corrected chi connectivity index (χ0v) is 12.1. The predicted molar refractivity (Wildman–Crippen MR) is 85.6 cm³/mol. The lowest BCUT2D eigenvalue weighted by Crippen LogP contribution is -2.13. The highest BCUT2D eigenvalue weighted by molar-refractivity contribution is 7.23. The molecule has 7 heteroatoms. The first-order valence-electron chi connectivity index (χ1n) is 6.57. The molecule has 108 valence electrons. The molecule has 22 heavy (non-hydrogen) atoms. The van der Waals surface area contributed by atoms with Gasteiger partial charge in [-0.3, -0.25) is 14.0 Å². The second-order valence-electron chi connectivity index (χ2n) is 4.74. The third kappa shape index (κ3) is 2.08. The molecule has 4 aromatic rings. The highest BCUT2D eigenvalue weighted by Gasteiger charge is 2.14. The van der Waals surface area contributed by atoms with Crippen LogP contribution in [-0.2, 0) is 0 Å². The summed E-state index contributed by atoms with van der Waals surface area (Å²) in [5.41, 5.74) is 1.67. The average Bonchev–Trinajstić information content (AvgIpc) is 3.07. The molecular formula is C15H10N4O2S. The summed E-state index contributed by atoms with van der Waals surface area (Å²) in [6.07, 6.45) is 3.17. The fourth-order valence-corrected chi connectivity index (χ4v) is 3.25. The molecular weight excluding hydrogens is 300 g/mol. The Balaban J connectivity index is 1.69. The summed E-state index contributed by atoms with van der Waals surface area (Å²) in [6.45, 7) is 0. The van der Waals surface area contributed by atoms with Crippen molar-refractivity contribution in [1.29, 1.82) is 0 Å². The monoisotopic (exact) mass is 310 g/mol. The molecule has 0 aliphatic rings. The number of rotatable bonds is 2. The summed E-state index contributed by atoms with van der Waals surface area (Å²) in [7, 11) is 0. The molecule has 0 aliphatic heterocycles. The number of carbonyl (C=O) groups is 1. The zero-order chi connectivity index (χ0) is 15.1. The van der Waals surface area contributed by atoms with Gasteiger partial charge in [0, 0.05) is 18.5 Å². The summed E-state index contributed by atoms with van der Waals surface area (Å²) >= 11 is 1.53. The highest BCUT2D eigenvalue weighted by atomic mass is 32.1. The number of hydrogen-bond acceptors (Lipinski definition) is 4. The van der Waals surface area contributed by atoms with E-state index in [-0.39, 0.29) is 11.5 Å². The van der Waals surface area contributed by atoms with Gasteiger partial charge in [-0.05, 0) is 18.2 Å². The largest absolute Gasteiger partial charge is 0.327 e. The Kier molecular flexibility index (Phi) is 2.80. The Morgan fingerprint density at radius 3 is 2.91 bits per heavy atom. The molecule has 6 nitrogen and oxygen atoms in total. The lowest BCUT2D eigenvalue weighted by Gasteiger charge is -2.01. The number of hydrogen-bond donors (Lipinski definition) is 2. The predicted octanol–water partition coefficient (Wildman–Crippen LogP) is 2.49. The van der Waals surface area contributed by atoms with Gasteiger partial charge in [-0.25, -0.2) is 4.98 Å². The van der Waals surface area contributed by atoms with Gasteiger partial charge < -0.3 is 10.3 Å². The Labute approximate surface area is 128 Å². The van der Waals surface area contributed by atoms with E-state index in [9.17, 15) is 9.59 Å². The first kappa shape index (κ1) is 12.8. The van der Waals surface area contributed by atoms with Crippen molar-refractivity contribution >= 4 is 38.1 Å². The molecule has 0 fully saturated rings. The molecule has 3 aromatic heterocycles. The number of nitrogens with one attached hydrogen (secondary N) is 2. The van der Waals surface area contributed by atoms with Crippen LogP contribution < -0.4 is 10.9 Å². The van der Waals surface area contributed by atoms with Crippen molar-refractivity contribution in [2.75, 3.05) is 5.32 Å². The van der Waals surface area contributed by atoms with Crippen molar-refractivity contribution in [2.24, 2.45) is 0 Å². The Hall–Kier alpha value is -2.93. The summed E-state index contributed by atoms with van der Waals surface area (Å²) in [4.78, 5) is 30.9. The van der Waals surface area contributed by atoms with Gasteiger partial charge in [-0.1, -0.05) is 23.5 Å². The van der Waals surface area contributed by atoms with Gasteiger partial charge in [0.2, 0.25) is 5.56 Å². The van der Waals surface area contributed by atoms with E-state index < -0.39 is 0 Å². The van der Waals surface area contributed by atoms with Gasteiger partial charge in [-0.15, -0.1) is 0 Å². The van der Waals surface area contributed by atoms with E-state index >= 15 is 0 Å². The van der Waals surface area contributed by atoms with Crippen LogP contribution in [0.4, 0.5) is 5.69 Å². The number of para-hydroxylation sites is 1. The number of aromatic amines is 1. The van der Waals surface area contributed by atoms with E-state index in [0.29, 0.717) is 11.4 Å². The van der Waals surface area contributed by atoms with Crippen molar-refractivity contribution < 1.29 is 4.79 Å². The number of fused-ring (bicyclic) bond motifs is 3. The van der Waals surface area contributed by atoms with Crippen LogP contribution in [0.25, 0.3) is 15.2 Å². The lowest BCUT2D eigenvalue weighted by atomic mass is 10.3. The molecule has 0 aliphatic carbocycles. The first-order chi connectivity index (χ1) is 10.7. The molecule has 3 heterocycles. The minimum Gasteiger partial charge on any atom is -0.327 e. The SMILES string of the molecule is O=C(Nc1ccc(=O)[nH]c1)c1cn2c(n1)sc1ccccc12. The molecule has 0 saturated carbocycles. The molecule has 0 spiro atoms. The number of carbonyl (C=O) groups excluding carboxylic acids is 1. The van der Waals surface area contributed by atoms with Crippen molar-refractivity contribution in [3.63, 3.8) is 0 Å². The van der Waals surface area contributed by atoms with E-state index in [1.807, 2.05) is 28.7 Å². The van der Waals surface area contributed by atoms with Crippen molar-refractivity contribution in [2.45, 2.75) is 0 Å². The van der Waals surface area contributed by atoms with Crippen LogP contribution in [0.1, 0.15) is 10.5 Å². The second kappa shape index (κ2) is 4.81. The van der Waals surface area contributed by atoms with Gasteiger partial charge in [0.25, 0.3) is 5.91 Å². The summed E-state index contributed by atoms with van der Waals surface area (Å²) in [5.74, 6) is -0.313. The molecule has 2 N–H and O–H groups in total. The van der Waals surface area contributed by atoms with E-state index in [1.165, 1.54) is 23.6 Å². The van der Waals surface area contributed by atoms with Crippen LogP contribution in [0.3, 0.4) is 0 Å². The maximum atomic E-state index is 12.2. The van der Waals surface area contributed by atoms with Crippen LogP contribution >= 0.6 is 11.3 Å². The minimum atomic E-state index is -0.313. The second-order valence-corrected chi connectivity index (χ2v) is 5.75. The standard InChI is InChI=1S/C15H10N4O2S/c20-13-6-5-9(7-16-13)17-14(21)10-8-19-11-3-1-2-4-12(11)22-15(19)18-10/h1-8H,(H,16,20)(H,17,21). The minimum absolute atomic E-state index is 0.216. The quantitative estimate of drug-likeness (QED) is 0.597. The number of benzene rings is 1. The van der Waals surface area contributed by atoms with Gasteiger partial charge >= 0.3 is 0 Å². The summed E-state index contributed by atoms with van der Waals surface area (Å²) in [5, 5.41) is 2.70. The molecule has 0 atom stereocenters. The van der Waals surface area contributed by atoms with Gasteiger partial charge in [0.1, 0.15) is 5.69 Å². The van der Waals surface area contributed by atoms with Crippen LogP contribution in [-0.4, -0.2) is 20.3 Å². The van der Waals surface area contributed by atoms with Crippen LogP contribution in [0.5, 0.6) is 0 Å². The van der Waals surface area contributed by atoms with Crippen LogP contribution in [0.2, 0.25) is 0 Å². The number of amides is 1. The number of imidazole rings is 1. The zero-order valence-electron chi connectivity index (χ0n) is 11.2. The highest BCUT2D eigenvalue weighted by Crippen LogP contribution is 2.26. The third-order valence-corrected chi connectivity index (χ3v) is 4.31. The Morgan fingerprint density at radius 1 is 1.23 bits per heavy atom. The molecule has 0 bridgehead atoms. The lowest BCUT2D eigenvalue weighted by molar-refractivity contribution is 0.102. The van der Waals surface area contributed by atoms with Gasteiger partial charge in [-0.2, -0.15) is 0 Å². The molecule has 0 radical (unpaired) electrons. The fourth-order valence-electron chi connectivity index (χ4n) is 2.24. The number of nitrogens with zero attached hydrogens (tertiary/aromatic N) is 2. The Bertz CT molecular complexity index is 1040. The number of pyridine rings is 1. The van der Waals surface area contributed by atoms with Crippen molar-refractivity contribution in [3.05, 3.63) is 64.8 Å². The van der Waals surface area contributed by atoms with Crippen LogP contribution in [0, 0.1) is 0 Å². The average molecular weight is 310 g/mol. The summed E-state index contributed by atoms with van der Waals surface area (Å²) < 4.78 is 3.03. The van der Waals surface area contributed by atoms with E-state index in [4.69, 9.17) is 0 Å². The van der Waals surface area contributed by atoms with Gasteiger partial charge in [0.05, 0.1) is 15.9 Å². The number of anilines is 1. The molecule has 1 amide bonds. The molecule has 0 saturated heterocycles.